The van der Waals surface area contributed by atoms with Gasteiger partial charge in [0.05, 0.1) is 26.4 Å². The van der Waals surface area contributed by atoms with Crippen LogP contribution < -0.4 is 15.4 Å². The third-order valence-corrected chi connectivity index (χ3v) is 2.25. The highest BCUT2D eigenvalue weighted by molar-refractivity contribution is 5.89. The van der Waals surface area contributed by atoms with Gasteiger partial charge in [0.2, 0.25) is 0 Å². The zero-order valence-corrected chi connectivity index (χ0v) is 10.5. The lowest BCUT2D eigenvalue weighted by molar-refractivity contribution is 0.132. The van der Waals surface area contributed by atoms with E-state index in [1.165, 1.54) is 7.11 Å². The van der Waals surface area contributed by atoms with E-state index in [0.717, 1.165) is 0 Å². The molecule has 1 unspecified atom stereocenters. The van der Waals surface area contributed by atoms with Crippen molar-refractivity contribution in [2.24, 2.45) is 0 Å². The summed E-state index contributed by atoms with van der Waals surface area (Å²) in [5.41, 5.74) is 0.612. The van der Waals surface area contributed by atoms with Gasteiger partial charge < -0.3 is 25.2 Å². The summed E-state index contributed by atoms with van der Waals surface area (Å²) in [6.45, 7) is 0.0708. The van der Waals surface area contributed by atoms with Crippen LogP contribution in [0.3, 0.4) is 0 Å². The van der Waals surface area contributed by atoms with Gasteiger partial charge in [-0.2, -0.15) is 0 Å². The second-order valence-electron chi connectivity index (χ2n) is 3.67. The summed E-state index contributed by atoms with van der Waals surface area (Å²) in [6, 6.07) is 6.16. The van der Waals surface area contributed by atoms with E-state index in [0.29, 0.717) is 11.4 Å². The molecule has 1 rings (SSSR count). The van der Waals surface area contributed by atoms with Crippen LogP contribution >= 0.6 is 0 Å². The SMILES string of the molecule is COCC(CO)NC(=O)Nc1cccc(OC)c1. The minimum Gasteiger partial charge on any atom is -0.497 e. The number of rotatable bonds is 6. The third kappa shape index (κ3) is 4.60. The smallest absolute Gasteiger partial charge is 0.319 e. The summed E-state index contributed by atoms with van der Waals surface area (Å²) >= 11 is 0. The number of aliphatic hydroxyl groups is 1. The standard InChI is InChI=1S/C12H18N2O4/c1-17-8-10(7-15)14-12(16)13-9-4-3-5-11(6-9)18-2/h3-6,10,15H,7-8H2,1-2H3,(H2,13,14,16). The highest BCUT2D eigenvalue weighted by Gasteiger charge is 2.10. The van der Waals surface area contributed by atoms with E-state index in [1.807, 2.05) is 0 Å². The van der Waals surface area contributed by atoms with Crippen LogP contribution in [0, 0.1) is 0 Å². The van der Waals surface area contributed by atoms with Crippen molar-refractivity contribution in [2.75, 3.05) is 32.8 Å². The topological polar surface area (TPSA) is 79.8 Å². The van der Waals surface area contributed by atoms with Crippen LogP contribution in [0.2, 0.25) is 0 Å². The Kier molecular flexibility index (Phi) is 5.96. The van der Waals surface area contributed by atoms with Crippen LogP contribution in [0.15, 0.2) is 24.3 Å². The number of benzene rings is 1. The fourth-order valence-electron chi connectivity index (χ4n) is 1.39. The molecule has 3 N–H and O–H groups in total. The van der Waals surface area contributed by atoms with Gasteiger partial charge in [0, 0.05) is 18.9 Å². The Morgan fingerprint density at radius 1 is 1.44 bits per heavy atom. The summed E-state index contributed by atoms with van der Waals surface area (Å²) in [4.78, 5) is 11.6. The lowest BCUT2D eigenvalue weighted by Crippen LogP contribution is -2.42. The molecule has 0 heterocycles. The van der Waals surface area contributed by atoms with E-state index in [2.05, 4.69) is 10.6 Å². The van der Waals surface area contributed by atoms with Gasteiger partial charge in [-0.25, -0.2) is 4.79 Å². The van der Waals surface area contributed by atoms with E-state index >= 15 is 0 Å². The number of aliphatic hydroxyl groups excluding tert-OH is 1. The number of hydrogen-bond donors (Lipinski definition) is 3. The first-order chi connectivity index (χ1) is 8.69. The molecule has 0 aliphatic rings. The molecule has 1 aromatic rings. The van der Waals surface area contributed by atoms with Crippen molar-refractivity contribution in [3.8, 4) is 5.75 Å². The van der Waals surface area contributed by atoms with E-state index < -0.39 is 12.1 Å². The third-order valence-electron chi connectivity index (χ3n) is 2.25. The summed E-state index contributed by atoms with van der Waals surface area (Å²) in [6.07, 6.45) is 0. The van der Waals surface area contributed by atoms with E-state index in [4.69, 9.17) is 14.6 Å². The number of amides is 2. The lowest BCUT2D eigenvalue weighted by atomic mass is 10.3. The molecule has 0 spiro atoms. The molecule has 100 valence electrons. The van der Waals surface area contributed by atoms with Gasteiger partial charge >= 0.3 is 6.03 Å². The van der Waals surface area contributed by atoms with Crippen molar-refractivity contribution in [3.63, 3.8) is 0 Å². The Balaban J connectivity index is 2.52. The first-order valence-corrected chi connectivity index (χ1v) is 5.51. The molecule has 0 fully saturated rings. The Morgan fingerprint density at radius 2 is 2.22 bits per heavy atom. The molecule has 0 radical (unpaired) electrons. The number of ether oxygens (including phenoxy) is 2. The first kappa shape index (κ1) is 14.3. The second kappa shape index (κ2) is 7.52. The van der Waals surface area contributed by atoms with Crippen LogP contribution in [0.5, 0.6) is 5.75 Å². The predicted molar refractivity (Wildman–Crippen MR) is 67.9 cm³/mol. The van der Waals surface area contributed by atoms with Crippen molar-refractivity contribution >= 4 is 11.7 Å². The minimum absolute atomic E-state index is 0.181. The average Bonchev–Trinajstić information content (AvgIpc) is 2.38. The maximum Gasteiger partial charge on any atom is 0.319 e. The minimum atomic E-state index is -0.430. The summed E-state index contributed by atoms with van der Waals surface area (Å²) < 4.78 is 9.91. The molecular weight excluding hydrogens is 236 g/mol. The summed E-state index contributed by atoms with van der Waals surface area (Å²) in [5.74, 6) is 0.656. The average molecular weight is 254 g/mol. The molecule has 0 aromatic heterocycles. The fourth-order valence-corrected chi connectivity index (χ4v) is 1.39. The van der Waals surface area contributed by atoms with Crippen molar-refractivity contribution in [2.45, 2.75) is 6.04 Å². The number of urea groups is 1. The van der Waals surface area contributed by atoms with Crippen molar-refractivity contribution < 1.29 is 19.4 Å². The van der Waals surface area contributed by atoms with Gasteiger partial charge in [-0.3, -0.25) is 0 Å². The van der Waals surface area contributed by atoms with Crippen molar-refractivity contribution in [1.82, 2.24) is 5.32 Å². The highest BCUT2D eigenvalue weighted by Crippen LogP contribution is 2.16. The van der Waals surface area contributed by atoms with Gasteiger partial charge in [0.15, 0.2) is 0 Å². The molecular formula is C12H18N2O4. The lowest BCUT2D eigenvalue weighted by Gasteiger charge is -2.15. The van der Waals surface area contributed by atoms with Crippen molar-refractivity contribution in [1.29, 1.82) is 0 Å². The molecule has 0 saturated heterocycles. The Labute approximate surface area is 106 Å². The van der Waals surface area contributed by atoms with Crippen molar-refractivity contribution in [3.05, 3.63) is 24.3 Å². The molecule has 1 aromatic carbocycles. The van der Waals surface area contributed by atoms with E-state index in [-0.39, 0.29) is 13.2 Å². The summed E-state index contributed by atoms with van der Waals surface area (Å²) in [7, 11) is 3.06. The van der Waals surface area contributed by atoms with E-state index in [9.17, 15) is 4.79 Å². The highest BCUT2D eigenvalue weighted by atomic mass is 16.5. The maximum atomic E-state index is 11.6. The number of carbonyl (C=O) groups is 1. The predicted octanol–water partition coefficient (Wildman–Crippen LogP) is 0.824. The molecule has 0 aliphatic heterocycles. The zero-order chi connectivity index (χ0) is 13.4. The molecule has 0 aliphatic carbocycles. The summed E-state index contributed by atoms with van der Waals surface area (Å²) in [5, 5.41) is 14.2. The number of carbonyl (C=O) groups excluding carboxylic acids is 1. The molecule has 6 heteroatoms. The Hall–Kier alpha value is -1.79. The second-order valence-corrected chi connectivity index (χ2v) is 3.67. The van der Waals surface area contributed by atoms with Gasteiger partial charge in [0.25, 0.3) is 0 Å². The number of anilines is 1. The van der Waals surface area contributed by atoms with Crippen LogP contribution in [-0.2, 0) is 4.74 Å². The normalized spacial score (nSPS) is 11.7. The van der Waals surface area contributed by atoms with E-state index in [1.54, 1.807) is 31.4 Å². The van der Waals surface area contributed by atoms with Crippen LogP contribution in [-0.4, -0.2) is 44.6 Å². The van der Waals surface area contributed by atoms with Crippen LogP contribution in [0.25, 0.3) is 0 Å². The van der Waals surface area contributed by atoms with Gasteiger partial charge in [-0.05, 0) is 12.1 Å². The van der Waals surface area contributed by atoms with Gasteiger partial charge in [0.1, 0.15) is 5.75 Å². The molecule has 6 nitrogen and oxygen atoms in total. The zero-order valence-electron chi connectivity index (χ0n) is 10.5. The molecule has 0 bridgehead atoms. The number of hydrogen-bond acceptors (Lipinski definition) is 4. The Bertz CT molecular complexity index is 384. The maximum absolute atomic E-state index is 11.6. The monoisotopic (exact) mass is 254 g/mol. The first-order valence-electron chi connectivity index (χ1n) is 5.51. The molecule has 2 amide bonds. The fraction of sp³-hybridized carbons (Fsp3) is 0.417. The number of methoxy groups -OCH3 is 2. The Morgan fingerprint density at radius 3 is 2.83 bits per heavy atom. The number of nitrogens with one attached hydrogen (secondary N) is 2. The van der Waals surface area contributed by atoms with Crippen LogP contribution in [0.4, 0.5) is 10.5 Å². The molecule has 0 saturated carbocycles. The molecule has 18 heavy (non-hydrogen) atoms. The van der Waals surface area contributed by atoms with Crippen LogP contribution in [0.1, 0.15) is 0 Å². The largest absolute Gasteiger partial charge is 0.497 e. The van der Waals surface area contributed by atoms with Gasteiger partial charge in [-0.15, -0.1) is 0 Å². The quantitative estimate of drug-likeness (QED) is 0.702. The van der Waals surface area contributed by atoms with Gasteiger partial charge in [-0.1, -0.05) is 6.07 Å². The molecule has 1 atom stereocenters.